The normalized spacial score (nSPS) is 13.0. The Morgan fingerprint density at radius 2 is 2.17 bits per heavy atom. The second kappa shape index (κ2) is 10.3. The highest BCUT2D eigenvalue weighted by molar-refractivity contribution is 7.18. The zero-order valence-corrected chi connectivity index (χ0v) is 18.9. The third-order valence-corrected chi connectivity index (χ3v) is 6.19. The maximum atomic E-state index is 12.6. The minimum absolute atomic E-state index is 0.0945. The molecule has 164 valence electrons. The van der Waals surface area contributed by atoms with Gasteiger partial charge in [0.15, 0.2) is 0 Å². The summed E-state index contributed by atoms with van der Waals surface area (Å²) in [5.74, 6) is 1.90. The zero-order chi connectivity index (χ0) is 21.7. The molecule has 1 atom stereocenters. The summed E-state index contributed by atoms with van der Waals surface area (Å²) in [5.41, 5.74) is 0.902. The Balaban J connectivity index is 1.65. The Morgan fingerprint density at radius 1 is 1.37 bits per heavy atom. The molecule has 0 aliphatic carbocycles. The molecule has 7 nitrogen and oxygen atoms in total. The highest BCUT2D eigenvalue weighted by Gasteiger charge is 2.17. The van der Waals surface area contributed by atoms with Crippen LogP contribution in [0, 0.1) is 19.8 Å². The molecule has 3 rings (SSSR count). The average Bonchev–Trinajstić information content (AvgIpc) is 3.28. The van der Waals surface area contributed by atoms with E-state index in [1.807, 2.05) is 26.0 Å². The van der Waals surface area contributed by atoms with E-state index in [4.69, 9.17) is 9.15 Å². The standard InChI is InChI=1S/C22H31N3O4S/c1-14(2)7-8-25(10-17(26)12-28-13-18-6-5-9-29-18)11-19-23-21(27)20-15(3)16(4)30-22(20)24-19/h5-6,9,14,17,26H,7-8,10-13H2,1-4H3,(H,23,24,27)/t17-/m0/s1. The van der Waals surface area contributed by atoms with Gasteiger partial charge in [0.05, 0.1) is 30.9 Å². The number of ether oxygens (including phenoxy) is 1. The van der Waals surface area contributed by atoms with Crippen molar-refractivity contribution in [1.29, 1.82) is 0 Å². The molecule has 8 heteroatoms. The van der Waals surface area contributed by atoms with Gasteiger partial charge in [-0.05, 0) is 50.4 Å². The number of furan rings is 1. The number of aliphatic hydroxyl groups is 1. The summed E-state index contributed by atoms with van der Waals surface area (Å²) in [5, 5.41) is 11.2. The lowest BCUT2D eigenvalue weighted by atomic mass is 10.1. The van der Waals surface area contributed by atoms with Crippen LogP contribution < -0.4 is 5.56 Å². The molecule has 0 radical (unpaired) electrons. The van der Waals surface area contributed by atoms with Crippen LogP contribution in [0.2, 0.25) is 0 Å². The van der Waals surface area contributed by atoms with Crippen LogP contribution in [-0.4, -0.2) is 45.8 Å². The quantitative estimate of drug-likeness (QED) is 0.480. The SMILES string of the molecule is Cc1sc2nc(CN(CCC(C)C)C[C@H](O)COCc3ccco3)[nH]c(=O)c2c1C. The van der Waals surface area contributed by atoms with E-state index in [-0.39, 0.29) is 12.2 Å². The van der Waals surface area contributed by atoms with Crippen molar-refractivity contribution in [1.82, 2.24) is 14.9 Å². The molecule has 3 aromatic rings. The van der Waals surface area contributed by atoms with E-state index >= 15 is 0 Å². The number of hydrogen-bond donors (Lipinski definition) is 2. The van der Waals surface area contributed by atoms with E-state index in [2.05, 4.69) is 28.7 Å². The molecule has 0 unspecified atom stereocenters. The van der Waals surface area contributed by atoms with Gasteiger partial charge in [0.2, 0.25) is 0 Å². The van der Waals surface area contributed by atoms with Crippen LogP contribution in [0.15, 0.2) is 27.6 Å². The van der Waals surface area contributed by atoms with Crippen LogP contribution in [0.25, 0.3) is 10.2 Å². The first-order valence-corrected chi connectivity index (χ1v) is 11.1. The Bertz CT molecular complexity index is 994. The van der Waals surface area contributed by atoms with Crippen molar-refractivity contribution >= 4 is 21.6 Å². The van der Waals surface area contributed by atoms with E-state index in [1.54, 1.807) is 17.6 Å². The third-order valence-electron chi connectivity index (χ3n) is 5.09. The number of rotatable bonds is 11. The molecular formula is C22H31N3O4S. The molecule has 2 N–H and O–H groups in total. The minimum atomic E-state index is -0.645. The molecule has 0 saturated carbocycles. The molecule has 0 aliphatic rings. The van der Waals surface area contributed by atoms with Crippen LogP contribution >= 0.6 is 11.3 Å². The fraction of sp³-hybridized carbons (Fsp3) is 0.545. The van der Waals surface area contributed by atoms with Crippen LogP contribution in [0.5, 0.6) is 0 Å². The van der Waals surface area contributed by atoms with Gasteiger partial charge in [0.25, 0.3) is 5.56 Å². The van der Waals surface area contributed by atoms with Crippen molar-refractivity contribution in [3.63, 3.8) is 0 Å². The van der Waals surface area contributed by atoms with Crippen molar-refractivity contribution in [2.45, 2.75) is 53.4 Å². The van der Waals surface area contributed by atoms with Gasteiger partial charge in [0, 0.05) is 11.4 Å². The van der Waals surface area contributed by atoms with E-state index in [0.717, 1.165) is 34.0 Å². The summed E-state index contributed by atoms with van der Waals surface area (Å²) in [6.07, 6.45) is 1.95. The molecular weight excluding hydrogens is 402 g/mol. The van der Waals surface area contributed by atoms with Gasteiger partial charge in [-0.25, -0.2) is 4.98 Å². The molecule has 0 spiro atoms. The van der Waals surface area contributed by atoms with E-state index in [0.29, 0.717) is 36.8 Å². The topological polar surface area (TPSA) is 91.6 Å². The van der Waals surface area contributed by atoms with Gasteiger partial charge in [-0.2, -0.15) is 0 Å². The number of aromatic nitrogens is 2. The lowest BCUT2D eigenvalue weighted by Crippen LogP contribution is -2.36. The zero-order valence-electron chi connectivity index (χ0n) is 18.1. The number of nitrogens with zero attached hydrogens (tertiary/aromatic N) is 2. The molecule has 0 aromatic carbocycles. The van der Waals surface area contributed by atoms with Gasteiger partial charge in [-0.15, -0.1) is 11.3 Å². The molecule has 0 saturated heterocycles. The third kappa shape index (κ3) is 6.01. The largest absolute Gasteiger partial charge is 0.467 e. The van der Waals surface area contributed by atoms with Crippen LogP contribution in [0.3, 0.4) is 0 Å². The summed E-state index contributed by atoms with van der Waals surface area (Å²) in [6.45, 7) is 10.6. The Labute approximate surface area is 180 Å². The highest BCUT2D eigenvalue weighted by Crippen LogP contribution is 2.25. The van der Waals surface area contributed by atoms with E-state index in [1.165, 1.54) is 0 Å². The van der Waals surface area contributed by atoms with Crippen molar-refractivity contribution in [3.05, 3.63) is 50.8 Å². The van der Waals surface area contributed by atoms with Gasteiger partial charge in [-0.1, -0.05) is 13.8 Å². The van der Waals surface area contributed by atoms with E-state index < -0.39 is 6.10 Å². The number of fused-ring (bicyclic) bond motifs is 1. The first-order chi connectivity index (χ1) is 14.3. The maximum Gasteiger partial charge on any atom is 0.259 e. The average molecular weight is 434 g/mol. The summed E-state index contributed by atoms with van der Waals surface area (Å²) in [6, 6.07) is 3.65. The summed E-state index contributed by atoms with van der Waals surface area (Å²) < 4.78 is 10.8. The summed E-state index contributed by atoms with van der Waals surface area (Å²) in [7, 11) is 0. The Kier molecular flexibility index (Phi) is 7.82. The first-order valence-electron chi connectivity index (χ1n) is 10.3. The predicted molar refractivity (Wildman–Crippen MR) is 119 cm³/mol. The van der Waals surface area contributed by atoms with E-state index in [9.17, 15) is 9.90 Å². The Hall–Kier alpha value is -2.00. The fourth-order valence-electron chi connectivity index (χ4n) is 3.30. The molecule has 0 bridgehead atoms. The van der Waals surface area contributed by atoms with Gasteiger partial charge in [0.1, 0.15) is 23.0 Å². The minimum Gasteiger partial charge on any atom is -0.467 e. The molecule has 0 amide bonds. The smallest absolute Gasteiger partial charge is 0.259 e. The second-order valence-electron chi connectivity index (χ2n) is 8.14. The van der Waals surface area contributed by atoms with Crippen LogP contribution in [0.1, 0.15) is 42.3 Å². The number of hydrogen-bond acceptors (Lipinski definition) is 7. The number of thiophene rings is 1. The number of aryl methyl sites for hydroxylation is 2. The van der Waals surface area contributed by atoms with Crippen molar-refractivity contribution in [2.75, 3.05) is 19.7 Å². The number of aliphatic hydroxyl groups excluding tert-OH is 1. The highest BCUT2D eigenvalue weighted by atomic mass is 32.1. The molecule has 0 fully saturated rings. The predicted octanol–water partition coefficient (Wildman–Crippen LogP) is 3.62. The Morgan fingerprint density at radius 3 is 2.87 bits per heavy atom. The molecule has 3 heterocycles. The van der Waals surface area contributed by atoms with Gasteiger partial charge in [-0.3, -0.25) is 9.69 Å². The number of H-pyrrole nitrogens is 1. The van der Waals surface area contributed by atoms with Crippen LogP contribution in [0.4, 0.5) is 0 Å². The van der Waals surface area contributed by atoms with Crippen molar-refractivity contribution in [3.8, 4) is 0 Å². The molecule has 0 aliphatic heterocycles. The number of aromatic amines is 1. The maximum absolute atomic E-state index is 12.6. The fourth-order valence-corrected chi connectivity index (χ4v) is 4.35. The second-order valence-corrected chi connectivity index (χ2v) is 9.35. The lowest BCUT2D eigenvalue weighted by molar-refractivity contribution is 0.00291. The van der Waals surface area contributed by atoms with Gasteiger partial charge < -0.3 is 19.2 Å². The number of nitrogens with one attached hydrogen (secondary N) is 1. The summed E-state index contributed by atoms with van der Waals surface area (Å²) >= 11 is 1.55. The van der Waals surface area contributed by atoms with Crippen molar-refractivity contribution < 1.29 is 14.3 Å². The molecule has 3 aromatic heterocycles. The summed E-state index contributed by atoms with van der Waals surface area (Å²) in [4.78, 5) is 24.2. The van der Waals surface area contributed by atoms with Crippen LogP contribution in [-0.2, 0) is 17.9 Å². The van der Waals surface area contributed by atoms with Gasteiger partial charge >= 0.3 is 0 Å². The lowest BCUT2D eigenvalue weighted by Gasteiger charge is -2.25. The monoisotopic (exact) mass is 433 g/mol. The molecule has 30 heavy (non-hydrogen) atoms. The first kappa shape index (κ1) is 22.7. The van der Waals surface area contributed by atoms with Crippen molar-refractivity contribution in [2.24, 2.45) is 5.92 Å².